The number of pyridine rings is 1. The van der Waals surface area contributed by atoms with E-state index in [9.17, 15) is 0 Å². The third kappa shape index (κ3) is 2.27. The summed E-state index contributed by atoms with van der Waals surface area (Å²) in [6.45, 7) is 6.53. The Bertz CT molecular complexity index is 457. The fourth-order valence-electron chi connectivity index (χ4n) is 2.19. The summed E-state index contributed by atoms with van der Waals surface area (Å²) in [6, 6.07) is 8.63. The van der Waals surface area contributed by atoms with Gasteiger partial charge in [0.2, 0.25) is 0 Å². The minimum absolute atomic E-state index is 1.06. The molecule has 1 N–H and O–H groups in total. The number of fused-ring (bicyclic) bond motifs is 1. The van der Waals surface area contributed by atoms with Crippen molar-refractivity contribution in [1.82, 2.24) is 9.72 Å². The maximum absolute atomic E-state index is 3.37. The molecule has 2 nitrogen and oxygen atoms in total. The Balaban J connectivity index is 2.13. The standard InChI is InChI=1S/C14H20N2/c1-3-15-9-6-8-14-12(2)11-13-7-4-5-10-16(13)14/h4-5,7,10-11,15H,3,6,8-9H2,1-2H3. The van der Waals surface area contributed by atoms with Gasteiger partial charge in [0.25, 0.3) is 0 Å². The molecule has 2 heterocycles. The van der Waals surface area contributed by atoms with E-state index in [2.05, 4.69) is 54.0 Å². The van der Waals surface area contributed by atoms with Crippen molar-refractivity contribution < 1.29 is 0 Å². The summed E-state index contributed by atoms with van der Waals surface area (Å²) in [5.74, 6) is 0. The van der Waals surface area contributed by atoms with Crippen LogP contribution in [0.4, 0.5) is 0 Å². The van der Waals surface area contributed by atoms with Crippen molar-refractivity contribution in [2.24, 2.45) is 0 Å². The minimum atomic E-state index is 1.06. The predicted octanol–water partition coefficient (Wildman–Crippen LogP) is 2.79. The fraction of sp³-hybridized carbons (Fsp3) is 0.429. The molecule has 0 bridgehead atoms. The molecule has 2 rings (SSSR count). The highest BCUT2D eigenvalue weighted by Crippen LogP contribution is 2.16. The van der Waals surface area contributed by atoms with Gasteiger partial charge in [-0.1, -0.05) is 13.0 Å². The number of aryl methyl sites for hydroxylation is 2. The SMILES string of the molecule is CCNCCCc1c(C)cc2ccccn12. The largest absolute Gasteiger partial charge is 0.321 e. The number of hydrogen-bond acceptors (Lipinski definition) is 1. The highest BCUT2D eigenvalue weighted by Gasteiger charge is 2.05. The van der Waals surface area contributed by atoms with Gasteiger partial charge in [-0.05, 0) is 56.6 Å². The summed E-state index contributed by atoms with van der Waals surface area (Å²) in [5.41, 5.74) is 4.16. The first-order valence-corrected chi connectivity index (χ1v) is 6.09. The molecule has 0 amide bonds. The third-order valence-electron chi connectivity index (χ3n) is 3.02. The molecule has 2 aromatic rings. The van der Waals surface area contributed by atoms with Crippen molar-refractivity contribution in [1.29, 1.82) is 0 Å². The smallest absolute Gasteiger partial charge is 0.0455 e. The van der Waals surface area contributed by atoms with Crippen LogP contribution in [0.3, 0.4) is 0 Å². The summed E-state index contributed by atoms with van der Waals surface area (Å²) in [6.07, 6.45) is 4.51. The fourth-order valence-corrected chi connectivity index (χ4v) is 2.19. The molecule has 2 aromatic heterocycles. The zero-order valence-electron chi connectivity index (χ0n) is 10.2. The third-order valence-corrected chi connectivity index (χ3v) is 3.02. The Hall–Kier alpha value is -1.28. The van der Waals surface area contributed by atoms with Crippen LogP contribution in [0.25, 0.3) is 5.52 Å². The van der Waals surface area contributed by atoms with E-state index < -0.39 is 0 Å². The lowest BCUT2D eigenvalue weighted by Gasteiger charge is -2.05. The highest BCUT2D eigenvalue weighted by atomic mass is 14.9. The number of aromatic nitrogens is 1. The quantitative estimate of drug-likeness (QED) is 0.760. The van der Waals surface area contributed by atoms with E-state index in [0.717, 1.165) is 19.5 Å². The number of rotatable bonds is 5. The second-order valence-corrected chi connectivity index (χ2v) is 4.23. The first-order chi connectivity index (χ1) is 7.83. The number of hydrogen-bond donors (Lipinski definition) is 1. The van der Waals surface area contributed by atoms with Crippen molar-refractivity contribution >= 4 is 5.52 Å². The predicted molar refractivity (Wildman–Crippen MR) is 69.0 cm³/mol. The zero-order chi connectivity index (χ0) is 11.4. The second kappa shape index (κ2) is 5.17. The maximum atomic E-state index is 3.37. The van der Waals surface area contributed by atoms with Crippen molar-refractivity contribution in [3.8, 4) is 0 Å². The number of nitrogens with zero attached hydrogens (tertiary/aromatic N) is 1. The summed E-state index contributed by atoms with van der Waals surface area (Å²) < 4.78 is 2.31. The van der Waals surface area contributed by atoms with Crippen molar-refractivity contribution in [3.05, 3.63) is 41.7 Å². The van der Waals surface area contributed by atoms with Gasteiger partial charge >= 0.3 is 0 Å². The average Bonchev–Trinajstić information content (AvgIpc) is 2.61. The van der Waals surface area contributed by atoms with Crippen LogP contribution in [0.2, 0.25) is 0 Å². The molecule has 86 valence electrons. The zero-order valence-corrected chi connectivity index (χ0v) is 10.2. The van der Waals surface area contributed by atoms with Crippen LogP contribution in [-0.2, 0) is 6.42 Å². The summed E-state index contributed by atoms with van der Waals surface area (Å²) in [4.78, 5) is 0. The molecule has 0 saturated heterocycles. The molecule has 16 heavy (non-hydrogen) atoms. The van der Waals surface area contributed by atoms with E-state index in [4.69, 9.17) is 0 Å². The monoisotopic (exact) mass is 216 g/mol. The summed E-state index contributed by atoms with van der Waals surface area (Å²) in [7, 11) is 0. The highest BCUT2D eigenvalue weighted by molar-refractivity contribution is 5.53. The molecule has 0 aliphatic heterocycles. The molecule has 0 aliphatic rings. The van der Waals surface area contributed by atoms with Gasteiger partial charge in [0.05, 0.1) is 0 Å². The van der Waals surface area contributed by atoms with Crippen molar-refractivity contribution in [2.75, 3.05) is 13.1 Å². The normalized spacial score (nSPS) is 11.1. The van der Waals surface area contributed by atoms with E-state index in [-0.39, 0.29) is 0 Å². The number of nitrogens with one attached hydrogen (secondary N) is 1. The molecule has 2 heteroatoms. The van der Waals surface area contributed by atoms with Gasteiger partial charge < -0.3 is 9.72 Å². The van der Waals surface area contributed by atoms with Crippen LogP contribution in [0.1, 0.15) is 24.6 Å². The minimum Gasteiger partial charge on any atom is -0.321 e. The van der Waals surface area contributed by atoms with Crippen LogP contribution in [-0.4, -0.2) is 17.5 Å². The molecular weight excluding hydrogens is 196 g/mol. The lowest BCUT2D eigenvalue weighted by molar-refractivity contribution is 0.664. The second-order valence-electron chi connectivity index (χ2n) is 4.23. The molecule has 0 spiro atoms. The summed E-state index contributed by atoms with van der Waals surface area (Å²) >= 11 is 0. The van der Waals surface area contributed by atoms with E-state index in [1.165, 1.54) is 23.2 Å². The van der Waals surface area contributed by atoms with E-state index >= 15 is 0 Å². The van der Waals surface area contributed by atoms with Gasteiger partial charge in [0, 0.05) is 17.4 Å². The van der Waals surface area contributed by atoms with Crippen LogP contribution in [0, 0.1) is 6.92 Å². The molecular formula is C14H20N2. The molecule has 0 unspecified atom stereocenters. The maximum Gasteiger partial charge on any atom is 0.0455 e. The Kier molecular flexibility index (Phi) is 3.62. The first kappa shape index (κ1) is 11.2. The van der Waals surface area contributed by atoms with Gasteiger partial charge in [0.1, 0.15) is 0 Å². The molecule has 0 saturated carbocycles. The molecule has 0 fully saturated rings. The lowest BCUT2D eigenvalue weighted by Crippen LogP contribution is -2.15. The van der Waals surface area contributed by atoms with Crippen LogP contribution < -0.4 is 5.32 Å². The average molecular weight is 216 g/mol. The molecule has 0 radical (unpaired) electrons. The Labute approximate surface area is 97.3 Å². The molecule has 0 aliphatic carbocycles. The summed E-state index contributed by atoms with van der Waals surface area (Å²) in [5, 5.41) is 3.37. The lowest BCUT2D eigenvalue weighted by atomic mass is 10.1. The van der Waals surface area contributed by atoms with Crippen LogP contribution >= 0.6 is 0 Å². The van der Waals surface area contributed by atoms with E-state index in [0.29, 0.717) is 0 Å². The van der Waals surface area contributed by atoms with Crippen LogP contribution in [0.15, 0.2) is 30.5 Å². The van der Waals surface area contributed by atoms with E-state index in [1.807, 2.05) is 0 Å². The van der Waals surface area contributed by atoms with Crippen molar-refractivity contribution in [2.45, 2.75) is 26.7 Å². The molecule has 0 aromatic carbocycles. The first-order valence-electron chi connectivity index (χ1n) is 6.09. The van der Waals surface area contributed by atoms with Gasteiger partial charge in [-0.15, -0.1) is 0 Å². The van der Waals surface area contributed by atoms with Crippen molar-refractivity contribution in [3.63, 3.8) is 0 Å². The van der Waals surface area contributed by atoms with Gasteiger partial charge in [-0.25, -0.2) is 0 Å². The van der Waals surface area contributed by atoms with Gasteiger partial charge in [-0.2, -0.15) is 0 Å². The Morgan fingerprint density at radius 1 is 1.31 bits per heavy atom. The van der Waals surface area contributed by atoms with Gasteiger partial charge in [0.15, 0.2) is 0 Å². The molecule has 0 atom stereocenters. The Morgan fingerprint density at radius 3 is 3.00 bits per heavy atom. The van der Waals surface area contributed by atoms with E-state index in [1.54, 1.807) is 0 Å². The Morgan fingerprint density at radius 2 is 2.19 bits per heavy atom. The topological polar surface area (TPSA) is 16.4 Å². The van der Waals surface area contributed by atoms with Gasteiger partial charge in [-0.3, -0.25) is 0 Å². The van der Waals surface area contributed by atoms with Crippen LogP contribution in [0.5, 0.6) is 0 Å².